The molecule has 2 aliphatic rings. The maximum Gasteiger partial charge on any atom is 0.335 e. The van der Waals surface area contributed by atoms with Crippen molar-refractivity contribution in [1.82, 2.24) is 14.5 Å². The molecule has 8 heteroatoms. The van der Waals surface area contributed by atoms with Crippen molar-refractivity contribution < 1.29 is 23.5 Å². The van der Waals surface area contributed by atoms with Gasteiger partial charge in [0.2, 0.25) is 0 Å². The van der Waals surface area contributed by atoms with Gasteiger partial charge in [0.15, 0.2) is 0 Å². The summed E-state index contributed by atoms with van der Waals surface area (Å²) in [6.45, 7) is 2.05. The van der Waals surface area contributed by atoms with E-state index in [4.69, 9.17) is 5.11 Å². The fraction of sp³-hybridized carbons (Fsp3) is 0.381. The number of halogens is 2. The largest absolute Gasteiger partial charge is 0.478 e. The van der Waals surface area contributed by atoms with E-state index in [1.807, 2.05) is 29.8 Å². The normalized spacial score (nSPS) is 23.8. The number of aliphatic carboxylic acids is 1. The second-order valence-electron chi connectivity index (χ2n) is 7.83. The fourth-order valence-electron chi connectivity index (χ4n) is 3.83. The Morgan fingerprint density at radius 1 is 1.24 bits per heavy atom. The molecule has 1 fully saturated rings. The molecule has 6 nitrogen and oxygen atoms in total. The highest BCUT2D eigenvalue weighted by Gasteiger charge is 2.36. The smallest absolute Gasteiger partial charge is 0.335 e. The molecule has 0 radical (unpaired) electrons. The number of carbonyl (C=O) groups is 2. The van der Waals surface area contributed by atoms with E-state index in [-0.39, 0.29) is 37.4 Å². The van der Waals surface area contributed by atoms with Crippen molar-refractivity contribution >= 4 is 22.9 Å². The summed E-state index contributed by atoms with van der Waals surface area (Å²) in [5, 5.41) is 9.88. The van der Waals surface area contributed by atoms with Gasteiger partial charge in [0.25, 0.3) is 11.8 Å². The van der Waals surface area contributed by atoms with Crippen LogP contribution >= 0.6 is 0 Å². The predicted molar refractivity (Wildman–Crippen MR) is 103 cm³/mol. The van der Waals surface area contributed by atoms with E-state index in [9.17, 15) is 18.4 Å². The lowest BCUT2D eigenvalue weighted by molar-refractivity contribution is -0.132. The molecule has 2 aromatic rings. The number of rotatable bonds is 3. The van der Waals surface area contributed by atoms with Gasteiger partial charge in [0.05, 0.1) is 16.7 Å². The first kappa shape index (κ1) is 19.3. The molecule has 0 spiro atoms. The Morgan fingerprint density at radius 2 is 1.97 bits per heavy atom. The van der Waals surface area contributed by atoms with E-state index in [0.717, 1.165) is 5.39 Å². The van der Waals surface area contributed by atoms with Crippen LogP contribution in [0.4, 0.5) is 8.78 Å². The molecule has 1 N–H and O–H groups in total. The maximum absolute atomic E-state index is 13.3. The SMILES string of the molecule is CC1(n2ccc3cc(C(=O)N4CCC(F)(F)CC4)cnc32)C=CC(C(=O)O)=CC1. The van der Waals surface area contributed by atoms with Crippen molar-refractivity contribution in [2.24, 2.45) is 0 Å². The Morgan fingerprint density at radius 3 is 2.59 bits per heavy atom. The van der Waals surface area contributed by atoms with Crippen LogP contribution in [0.25, 0.3) is 11.0 Å². The van der Waals surface area contributed by atoms with Crippen molar-refractivity contribution in [2.75, 3.05) is 13.1 Å². The van der Waals surface area contributed by atoms with Gasteiger partial charge in [0, 0.05) is 43.7 Å². The number of carboxylic acids is 1. The number of carbonyl (C=O) groups excluding carboxylic acids is 1. The fourth-order valence-corrected chi connectivity index (χ4v) is 3.83. The Bertz CT molecular complexity index is 1050. The number of likely N-dealkylation sites (tertiary alicyclic amines) is 1. The molecule has 0 aromatic carbocycles. The molecule has 1 atom stereocenters. The minimum Gasteiger partial charge on any atom is -0.478 e. The van der Waals surface area contributed by atoms with Crippen LogP contribution in [0.2, 0.25) is 0 Å². The van der Waals surface area contributed by atoms with Crippen LogP contribution in [0, 0.1) is 0 Å². The van der Waals surface area contributed by atoms with Crippen molar-refractivity contribution in [3.8, 4) is 0 Å². The number of piperidine rings is 1. The van der Waals surface area contributed by atoms with Gasteiger partial charge in [-0.15, -0.1) is 0 Å². The lowest BCUT2D eigenvalue weighted by Gasteiger charge is -2.32. The molecule has 29 heavy (non-hydrogen) atoms. The van der Waals surface area contributed by atoms with E-state index >= 15 is 0 Å². The average Bonchev–Trinajstić information content (AvgIpc) is 3.12. The summed E-state index contributed by atoms with van der Waals surface area (Å²) >= 11 is 0. The summed E-state index contributed by atoms with van der Waals surface area (Å²) in [6.07, 6.45) is 8.30. The first-order valence-electron chi connectivity index (χ1n) is 9.46. The van der Waals surface area contributed by atoms with Crippen LogP contribution < -0.4 is 0 Å². The third-order valence-corrected chi connectivity index (χ3v) is 5.71. The highest BCUT2D eigenvalue weighted by Crippen LogP contribution is 2.32. The molecule has 1 aliphatic heterocycles. The first-order valence-corrected chi connectivity index (χ1v) is 9.46. The van der Waals surface area contributed by atoms with Gasteiger partial charge < -0.3 is 14.6 Å². The summed E-state index contributed by atoms with van der Waals surface area (Å²) in [5.74, 6) is -3.95. The number of allylic oxidation sites excluding steroid dienone is 2. The molecule has 0 saturated carbocycles. The van der Waals surface area contributed by atoms with E-state index in [0.29, 0.717) is 17.6 Å². The number of fused-ring (bicyclic) bond motifs is 1. The monoisotopic (exact) mass is 401 g/mol. The lowest BCUT2D eigenvalue weighted by atomic mass is 9.90. The average molecular weight is 401 g/mol. The molecule has 4 rings (SSSR count). The molecule has 2 aromatic heterocycles. The van der Waals surface area contributed by atoms with E-state index in [1.165, 1.54) is 11.1 Å². The predicted octanol–water partition coefficient (Wildman–Crippen LogP) is 3.59. The van der Waals surface area contributed by atoms with Crippen molar-refractivity contribution in [2.45, 2.75) is 37.6 Å². The Balaban J connectivity index is 1.58. The zero-order valence-corrected chi connectivity index (χ0v) is 15.9. The zero-order valence-electron chi connectivity index (χ0n) is 15.9. The van der Waals surface area contributed by atoms with Crippen LogP contribution in [0.1, 0.15) is 36.5 Å². The molecule has 152 valence electrons. The van der Waals surface area contributed by atoms with Gasteiger partial charge in [0.1, 0.15) is 5.65 Å². The quantitative estimate of drug-likeness (QED) is 0.853. The van der Waals surface area contributed by atoms with Crippen LogP contribution in [0.15, 0.2) is 48.3 Å². The summed E-state index contributed by atoms with van der Waals surface area (Å²) in [6, 6.07) is 3.57. The lowest BCUT2D eigenvalue weighted by Crippen LogP contribution is -2.42. The van der Waals surface area contributed by atoms with Gasteiger partial charge in [-0.25, -0.2) is 18.6 Å². The van der Waals surface area contributed by atoms with Gasteiger partial charge in [-0.05, 0) is 31.6 Å². The van der Waals surface area contributed by atoms with Crippen LogP contribution in [-0.2, 0) is 10.3 Å². The number of carboxylic acid groups (broad SMARTS) is 1. The van der Waals surface area contributed by atoms with E-state index in [1.54, 1.807) is 18.2 Å². The van der Waals surface area contributed by atoms with Gasteiger partial charge in [-0.1, -0.05) is 12.2 Å². The van der Waals surface area contributed by atoms with Gasteiger partial charge in [-0.3, -0.25) is 4.79 Å². The number of nitrogens with zero attached hydrogens (tertiary/aromatic N) is 3. The van der Waals surface area contributed by atoms with Gasteiger partial charge in [-0.2, -0.15) is 0 Å². The Kier molecular flexibility index (Phi) is 4.52. The zero-order chi connectivity index (χ0) is 20.8. The highest BCUT2D eigenvalue weighted by molar-refractivity contribution is 5.97. The summed E-state index contributed by atoms with van der Waals surface area (Å²) < 4.78 is 28.6. The molecule has 1 aliphatic carbocycles. The molecular weight excluding hydrogens is 380 g/mol. The Labute approximate surface area is 166 Å². The van der Waals surface area contributed by atoms with Crippen LogP contribution in [-0.4, -0.2) is 50.4 Å². The topological polar surface area (TPSA) is 75.4 Å². The first-order chi connectivity index (χ1) is 13.7. The Hall–Kier alpha value is -3.03. The van der Waals surface area contributed by atoms with Crippen LogP contribution in [0.5, 0.6) is 0 Å². The minimum absolute atomic E-state index is 0.0337. The standard InChI is InChI=1S/C21H21F2N3O3/c1-20(5-2-14(3-6-20)19(28)29)26-9-4-15-12-16(13-24-17(15)26)18(27)25-10-7-21(22,23)8-11-25/h2-5,9,12-13H,6-8,10-11H2,1H3,(H,28,29). The molecular formula is C21H21F2N3O3. The van der Waals surface area contributed by atoms with Crippen molar-refractivity contribution in [1.29, 1.82) is 0 Å². The van der Waals surface area contributed by atoms with Crippen LogP contribution in [0.3, 0.4) is 0 Å². The molecule has 0 bridgehead atoms. The second kappa shape index (κ2) is 6.79. The van der Waals surface area contributed by atoms with Gasteiger partial charge >= 0.3 is 5.97 Å². The number of hydrogen-bond acceptors (Lipinski definition) is 3. The van der Waals surface area contributed by atoms with E-state index < -0.39 is 17.4 Å². The molecule has 3 heterocycles. The number of pyridine rings is 1. The summed E-state index contributed by atoms with van der Waals surface area (Å²) in [5.41, 5.74) is 0.827. The number of amides is 1. The summed E-state index contributed by atoms with van der Waals surface area (Å²) in [4.78, 5) is 29.7. The maximum atomic E-state index is 13.3. The minimum atomic E-state index is -2.70. The third kappa shape index (κ3) is 3.54. The molecule has 1 saturated heterocycles. The number of alkyl halides is 2. The third-order valence-electron chi connectivity index (χ3n) is 5.71. The number of aromatic nitrogens is 2. The number of hydrogen-bond donors (Lipinski definition) is 1. The molecule has 1 amide bonds. The van der Waals surface area contributed by atoms with E-state index in [2.05, 4.69) is 4.98 Å². The van der Waals surface area contributed by atoms with Crippen molar-refractivity contribution in [3.63, 3.8) is 0 Å². The second-order valence-corrected chi connectivity index (χ2v) is 7.83. The molecule has 1 unspecified atom stereocenters. The highest BCUT2D eigenvalue weighted by atomic mass is 19.3. The van der Waals surface area contributed by atoms with Crippen molar-refractivity contribution in [3.05, 3.63) is 53.9 Å². The summed E-state index contributed by atoms with van der Waals surface area (Å²) in [7, 11) is 0.